The van der Waals surface area contributed by atoms with Gasteiger partial charge in [-0.15, -0.1) is 0 Å². The number of nitrogens with zero attached hydrogens (tertiary/aromatic N) is 3. The van der Waals surface area contributed by atoms with Crippen LogP contribution >= 0.6 is 0 Å². The summed E-state index contributed by atoms with van der Waals surface area (Å²) < 4.78 is 41.7. The lowest BCUT2D eigenvalue weighted by atomic mass is 10.1. The number of halogens is 3. The van der Waals surface area contributed by atoms with E-state index in [-0.39, 0.29) is 17.7 Å². The summed E-state index contributed by atoms with van der Waals surface area (Å²) in [5, 5.41) is 9.75. The maximum atomic E-state index is 13.2. The lowest BCUT2D eigenvalue weighted by Crippen LogP contribution is -2.11. The first kappa shape index (κ1) is 17.5. The van der Waals surface area contributed by atoms with Crippen molar-refractivity contribution in [2.45, 2.75) is 57.9 Å². The number of aliphatic hydroxyl groups is 1. The van der Waals surface area contributed by atoms with Gasteiger partial charge in [-0.3, -0.25) is 4.98 Å². The molecule has 2 aromatic heterocycles. The van der Waals surface area contributed by atoms with Gasteiger partial charge in [0.2, 0.25) is 0 Å². The molecule has 0 saturated heterocycles. The second-order valence-corrected chi connectivity index (χ2v) is 7.84. The lowest BCUT2D eigenvalue weighted by Gasteiger charge is -2.13. The van der Waals surface area contributed by atoms with E-state index in [1.165, 1.54) is 13.1 Å². The van der Waals surface area contributed by atoms with E-state index in [1.54, 1.807) is 0 Å². The van der Waals surface area contributed by atoms with Gasteiger partial charge < -0.3 is 9.67 Å². The molecule has 2 fully saturated rings. The topological polar surface area (TPSA) is 50.9 Å². The Hall–Kier alpha value is -1.89. The van der Waals surface area contributed by atoms with E-state index in [4.69, 9.17) is 0 Å². The Kier molecular flexibility index (Phi) is 3.91. The smallest absolute Gasteiger partial charge is 0.393 e. The summed E-state index contributed by atoms with van der Waals surface area (Å²) in [6.07, 6.45) is 0.258. The zero-order valence-corrected chi connectivity index (χ0v) is 15.0. The summed E-state index contributed by atoms with van der Waals surface area (Å²) in [7, 11) is 0. The molecule has 0 spiro atoms. The molecule has 26 heavy (non-hydrogen) atoms. The van der Waals surface area contributed by atoms with Crippen molar-refractivity contribution in [2.24, 2.45) is 11.8 Å². The van der Waals surface area contributed by atoms with Crippen LogP contribution in [0.2, 0.25) is 0 Å². The first-order valence-electron chi connectivity index (χ1n) is 8.98. The van der Waals surface area contributed by atoms with Crippen molar-refractivity contribution in [2.75, 3.05) is 0 Å². The van der Waals surface area contributed by atoms with Crippen LogP contribution in [0.1, 0.15) is 55.7 Å². The van der Waals surface area contributed by atoms with Crippen molar-refractivity contribution >= 4 is 0 Å². The lowest BCUT2D eigenvalue weighted by molar-refractivity contribution is -0.138. The molecule has 0 aromatic carbocycles. The number of imidazole rings is 1. The van der Waals surface area contributed by atoms with Gasteiger partial charge in [-0.05, 0) is 37.7 Å². The van der Waals surface area contributed by atoms with Gasteiger partial charge >= 0.3 is 6.18 Å². The minimum absolute atomic E-state index is 0.0320. The third kappa shape index (κ3) is 2.82. The van der Waals surface area contributed by atoms with Gasteiger partial charge in [0.15, 0.2) is 0 Å². The molecular formula is C19H22F3N3O. The zero-order chi connectivity index (χ0) is 18.8. The second kappa shape index (κ2) is 5.81. The SMILES string of the molecule is Cc1ncc(-c2cn([C@H]3[C@@H]4CC(O)C[C@@H]43)c(C(C)C)n2)cc1C(F)(F)F. The Labute approximate surface area is 150 Å². The summed E-state index contributed by atoms with van der Waals surface area (Å²) in [5.74, 6) is 1.94. The van der Waals surface area contributed by atoms with Crippen LogP contribution in [0.4, 0.5) is 13.2 Å². The molecule has 2 aliphatic carbocycles. The van der Waals surface area contributed by atoms with Gasteiger partial charge in [-0.1, -0.05) is 13.8 Å². The number of hydrogen-bond donors (Lipinski definition) is 1. The van der Waals surface area contributed by atoms with Crippen molar-refractivity contribution in [3.8, 4) is 11.3 Å². The molecular weight excluding hydrogens is 343 g/mol. The van der Waals surface area contributed by atoms with Crippen LogP contribution in [0.25, 0.3) is 11.3 Å². The number of rotatable bonds is 3. The van der Waals surface area contributed by atoms with Crippen LogP contribution in [0.15, 0.2) is 18.5 Å². The van der Waals surface area contributed by atoms with Crippen molar-refractivity contribution in [1.29, 1.82) is 0 Å². The van der Waals surface area contributed by atoms with Gasteiger partial charge in [0, 0.05) is 35.6 Å². The number of fused-ring (bicyclic) bond motifs is 1. The van der Waals surface area contributed by atoms with E-state index in [9.17, 15) is 18.3 Å². The minimum atomic E-state index is -4.43. The number of alkyl halides is 3. The van der Waals surface area contributed by atoms with E-state index < -0.39 is 11.7 Å². The zero-order valence-electron chi connectivity index (χ0n) is 15.0. The molecule has 1 N–H and O–H groups in total. The predicted molar refractivity (Wildman–Crippen MR) is 90.5 cm³/mol. The molecule has 0 aliphatic heterocycles. The Morgan fingerprint density at radius 2 is 1.88 bits per heavy atom. The van der Waals surface area contributed by atoms with Crippen molar-refractivity contribution in [3.63, 3.8) is 0 Å². The summed E-state index contributed by atoms with van der Waals surface area (Å²) >= 11 is 0. The van der Waals surface area contributed by atoms with Gasteiger partial charge in [-0.25, -0.2) is 4.98 Å². The number of aliphatic hydroxyl groups excluding tert-OH is 1. The van der Waals surface area contributed by atoms with Crippen molar-refractivity contribution in [1.82, 2.24) is 14.5 Å². The fraction of sp³-hybridized carbons (Fsp3) is 0.579. The van der Waals surface area contributed by atoms with Crippen LogP contribution in [0, 0.1) is 18.8 Å². The van der Waals surface area contributed by atoms with Crippen LogP contribution in [-0.2, 0) is 6.18 Å². The number of aromatic nitrogens is 3. The maximum absolute atomic E-state index is 13.2. The minimum Gasteiger partial charge on any atom is -0.393 e. The highest BCUT2D eigenvalue weighted by atomic mass is 19.4. The van der Waals surface area contributed by atoms with Crippen molar-refractivity contribution < 1.29 is 18.3 Å². The molecule has 0 amide bonds. The van der Waals surface area contributed by atoms with Crippen LogP contribution in [0.5, 0.6) is 0 Å². The molecule has 0 radical (unpaired) electrons. The highest BCUT2D eigenvalue weighted by Gasteiger charge is 2.57. The van der Waals surface area contributed by atoms with Gasteiger partial charge in [0.1, 0.15) is 5.82 Å². The second-order valence-electron chi connectivity index (χ2n) is 7.84. The molecule has 2 aromatic rings. The first-order chi connectivity index (χ1) is 12.2. The van der Waals surface area contributed by atoms with Crippen LogP contribution < -0.4 is 0 Å². The Morgan fingerprint density at radius 1 is 1.23 bits per heavy atom. The molecule has 4 atom stereocenters. The summed E-state index contributed by atoms with van der Waals surface area (Å²) in [4.78, 5) is 8.56. The summed E-state index contributed by atoms with van der Waals surface area (Å²) in [6.45, 7) is 5.43. The van der Waals surface area contributed by atoms with Gasteiger partial charge in [0.25, 0.3) is 0 Å². The molecule has 140 valence electrons. The van der Waals surface area contributed by atoms with Gasteiger partial charge in [-0.2, -0.15) is 13.2 Å². The Bertz CT molecular complexity index is 831. The molecule has 4 nitrogen and oxygen atoms in total. The average Bonchev–Trinajstić information content (AvgIpc) is 2.91. The van der Waals surface area contributed by atoms with E-state index in [0.717, 1.165) is 24.7 Å². The molecule has 2 heterocycles. The van der Waals surface area contributed by atoms with E-state index >= 15 is 0 Å². The molecule has 1 unspecified atom stereocenters. The largest absolute Gasteiger partial charge is 0.418 e. The third-order valence-electron chi connectivity index (χ3n) is 5.66. The number of aryl methyl sites for hydroxylation is 1. The molecule has 4 rings (SSSR count). The monoisotopic (exact) mass is 365 g/mol. The Morgan fingerprint density at radius 3 is 2.46 bits per heavy atom. The molecule has 7 heteroatoms. The van der Waals surface area contributed by atoms with Gasteiger partial charge in [0.05, 0.1) is 17.4 Å². The predicted octanol–water partition coefficient (Wildman–Crippen LogP) is 4.34. The van der Waals surface area contributed by atoms with E-state index in [0.29, 0.717) is 29.1 Å². The highest BCUT2D eigenvalue weighted by Crippen LogP contribution is 2.61. The number of hydrogen-bond acceptors (Lipinski definition) is 3. The van der Waals surface area contributed by atoms with E-state index in [1.807, 2.05) is 20.0 Å². The van der Waals surface area contributed by atoms with Crippen LogP contribution in [-0.4, -0.2) is 25.7 Å². The molecule has 0 bridgehead atoms. The Balaban J connectivity index is 1.72. The quantitative estimate of drug-likeness (QED) is 0.880. The molecule has 2 saturated carbocycles. The summed E-state index contributed by atoms with van der Waals surface area (Å²) in [5.41, 5.74) is 0.157. The maximum Gasteiger partial charge on any atom is 0.418 e. The van der Waals surface area contributed by atoms with Crippen molar-refractivity contribution in [3.05, 3.63) is 35.5 Å². The highest BCUT2D eigenvalue weighted by molar-refractivity contribution is 5.59. The van der Waals surface area contributed by atoms with E-state index in [2.05, 4.69) is 14.5 Å². The van der Waals surface area contributed by atoms with Crippen LogP contribution in [0.3, 0.4) is 0 Å². The number of pyridine rings is 1. The average molecular weight is 365 g/mol. The standard InChI is InChI=1S/C19H22F3N3O/c1-9(2)18-24-16(8-25(18)17-13-5-12(26)6-14(13)17)11-4-15(19(20,21)22)10(3)23-7-11/h4,7-9,12-14,17,26H,5-6H2,1-3H3/t12?,13-,14+,17+. The fourth-order valence-corrected chi connectivity index (χ4v) is 4.36. The fourth-order valence-electron chi connectivity index (χ4n) is 4.36. The third-order valence-corrected chi connectivity index (χ3v) is 5.66. The summed E-state index contributed by atoms with van der Waals surface area (Å²) in [6, 6.07) is 1.44. The normalized spacial score (nSPS) is 27.8. The first-order valence-corrected chi connectivity index (χ1v) is 8.98. The molecule has 2 aliphatic rings.